The summed E-state index contributed by atoms with van der Waals surface area (Å²) in [4.78, 5) is 43.7. The van der Waals surface area contributed by atoms with Crippen molar-refractivity contribution in [3.63, 3.8) is 0 Å². The van der Waals surface area contributed by atoms with E-state index in [2.05, 4.69) is 10.2 Å². The summed E-state index contributed by atoms with van der Waals surface area (Å²) in [5, 5.41) is 18.6. The molecular formula is C31H32FN5O7S. The van der Waals surface area contributed by atoms with Crippen LogP contribution in [0, 0.1) is 12.7 Å². The fraction of sp³-hybridized carbons (Fsp3) is 0.323. The van der Waals surface area contributed by atoms with Gasteiger partial charge >= 0.3 is 11.7 Å². The Labute approximate surface area is 260 Å². The number of rotatable bonds is 12. The van der Waals surface area contributed by atoms with Crippen molar-refractivity contribution in [2.45, 2.75) is 45.6 Å². The number of esters is 1. The first-order valence-electron chi connectivity index (χ1n) is 14.0. The van der Waals surface area contributed by atoms with Gasteiger partial charge in [0, 0.05) is 11.1 Å². The average Bonchev–Trinajstić information content (AvgIpc) is 3.68. The van der Waals surface area contributed by atoms with Gasteiger partial charge in [-0.2, -0.15) is 10.2 Å². The zero-order valence-electron chi connectivity index (χ0n) is 25.1. The van der Waals surface area contributed by atoms with Gasteiger partial charge in [-0.15, -0.1) is 4.80 Å². The molecule has 3 heterocycles. The molecule has 0 unspecified atom stereocenters. The number of fused-ring (bicyclic) bond motifs is 1. The van der Waals surface area contributed by atoms with Gasteiger partial charge < -0.3 is 19.3 Å². The van der Waals surface area contributed by atoms with E-state index in [4.69, 9.17) is 14.2 Å². The number of aliphatic hydroxyl groups is 1. The van der Waals surface area contributed by atoms with Crippen molar-refractivity contribution >= 4 is 27.5 Å². The van der Waals surface area contributed by atoms with Crippen LogP contribution in [0.1, 0.15) is 36.6 Å². The maximum Gasteiger partial charge on any atom is 0.333 e. The number of nitrogens with zero attached hydrogens (tertiary/aromatic N) is 5. The molecule has 14 heteroatoms. The summed E-state index contributed by atoms with van der Waals surface area (Å²) in [7, 11) is 1.42. The molecule has 0 saturated carbocycles. The van der Waals surface area contributed by atoms with Crippen molar-refractivity contribution in [1.29, 1.82) is 0 Å². The molecule has 0 amide bonds. The van der Waals surface area contributed by atoms with E-state index < -0.39 is 34.7 Å². The molecule has 2 aromatic carbocycles. The first kappa shape index (κ1) is 31.8. The average molecular weight is 638 g/mol. The first-order chi connectivity index (χ1) is 21.6. The quantitative estimate of drug-likeness (QED) is 0.204. The van der Waals surface area contributed by atoms with Crippen molar-refractivity contribution < 1.29 is 28.5 Å². The number of carbonyl (C=O) groups excluding carboxylic acids is 1. The number of hydrogen-bond donors (Lipinski definition) is 1. The molecule has 0 saturated heterocycles. The highest BCUT2D eigenvalue weighted by atomic mass is 32.1. The molecule has 0 aliphatic rings. The van der Waals surface area contributed by atoms with Crippen LogP contribution >= 0.6 is 11.3 Å². The largest absolute Gasteiger partial charge is 0.496 e. The third kappa shape index (κ3) is 6.16. The number of carbonyl (C=O) groups is 1. The molecule has 0 bridgehead atoms. The lowest BCUT2D eigenvalue weighted by Gasteiger charge is -2.27. The molecular weight excluding hydrogens is 605 g/mol. The Kier molecular flexibility index (Phi) is 9.27. The minimum Gasteiger partial charge on any atom is -0.496 e. The lowest BCUT2D eigenvalue weighted by molar-refractivity contribution is -0.154. The normalized spacial score (nSPS) is 12.4. The van der Waals surface area contributed by atoms with E-state index in [0.29, 0.717) is 16.3 Å². The van der Waals surface area contributed by atoms with Crippen molar-refractivity contribution in [2.24, 2.45) is 0 Å². The SMILES string of the molecule is COc1ccc(F)cc1[C@@H](Cn1c(=O)n(C(C)(C)C(=O)OCc2ccccc2)c(=O)c2c(C)c(-n3nccn3)sc21)OCCO. The van der Waals surface area contributed by atoms with Crippen LogP contribution in [-0.4, -0.2) is 55.5 Å². The highest BCUT2D eigenvalue weighted by Crippen LogP contribution is 2.34. The van der Waals surface area contributed by atoms with Crippen molar-refractivity contribution in [3.8, 4) is 10.8 Å². The Morgan fingerprint density at radius 1 is 1.11 bits per heavy atom. The van der Waals surface area contributed by atoms with E-state index in [1.54, 1.807) is 31.2 Å². The molecule has 3 aromatic heterocycles. The van der Waals surface area contributed by atoms with Crippen LogP contribution < -0.4 is 16.0 Å². The number of hydrogen-bond acceptors (Lipinski definition) is 10. The number of ether oxygens (including phenoxy) is 3. The Bertz CT molecular complexity index is 1930. The van der Waals surface area contributed by atoms with Crippen LogP contribution in [0.4, 0.5) is 4.39 Å². The van der Waals surface area contributed by atoms with Gasteiger partial charge in [-0.3, -0.25) is 9.36 Å². The highest BCUT2D eigenvalue weighted by Gasteiger charge is 2.37. The van der Waals surface area contributed by atoms with Crippen molar-refractivity contribution in [3.05, 3.63) is 104 Å². The molecule has 0 aliphatic carbocycles. The second-order valence-corrected chi connectivity index (χ2v) is 11.6. The first-order valence-corrected chi connectivity index (χ1v) is 14.8. The van der Waals surface area contributed by atoms with E-state index in [0.717, 1.165) is 21.5 Å². The summed E-state index contributed by atoms with van der Waals surface area (Å²) < 4.78 is 33.6. The Balaban J connectivity index is 1.70. The van der Waals surface area contributed by atoms with Crippen molar-refractivity contribution in [2.75, 3.05) is 20.3 Å². The lowest BCUT2D eigenvalue weighted by Crippen LogP contribution is -2.53. The van der Waals surface area contributed by atoms with Gasteiger partial charge in [0.2, 0.25) is 0 Å². The number of halogens is 1. The predicted octanol–water partition coefficient (Wildman–Crippen LogP) is 3.49. The smallest absolute Gasteiger partial charge is 0.333 e. The fourth-order valence-electron chi connectivity index (χ4n) is 5.05. The minimum absolute atomic E-state index is 0.0582. The molecule has 5 aromatic rings. The molecule has 1 N–H and O–H groups in total. The molecule has 0 radical (unpaired) electrons. The maximum absolute atomic E-state index is 14.5. The third-order valence-corrected chi connectivity index (χ3v) is 8.64. The van der Waals surface area contributed by atoms with Crippen LogP contribution in [0.5, 0.6) is 5.75 Å². The summed E-state index contributed by atoms with van der Waals surface area (Å²) in [6.07, 6.45) is 1.96. The summed E-state index contributed by atoms with van der Waals surface area (Å²) in [6.45, 7) is 3.82. The molecule has 5 rings (SSSR count). The molecule has 0 aliphatic heterocycles. The van der Waals surface area contributed by atoms with Crippen LogP contribution in [-0.2, 0) is 33.0 Å². The van der Waals surface area contributed by atoms with E-state index in [-0.39, 0.29) is 42.1 Å². The monoisotopic (exact) mass is 637 g/mol. The van der Waals surface area contributed by atoms with Gasteiger partial charge in [0.15, 0.2) is 0 Å². The van der Waals surface area contributed by atoms with E-state index in [1.165, 1.54) is 60.9 Å². The second kappa shape index (κ2) is 13.1. The standard InChI is InChI=1S/C31H32FN5O7S/c1-19-25-26(39)36(31(2,3)29(40)44-18-20-8-6-5-7-9-20)30(41)35(28(25)45-27(19)37-33-12-13-34-37)17-24(43-15-14-38)22-16-21(32)10-11-23(22)42-4/h5-13,16,24,38H,14-15,17-18H2,1-4H3/t24-/m1/s1. The van der Waals surface area contributed by atoms with Gasteiger partial charge in [0.1, 0.15) is 39.6 Å². The Morgan fingerprint density at radius 2 is 1.82 bits per heavy atom. The maximum atomic E-state index is 14.5. The molecule has 12 nitrogen and oxygen atoms in total. The molecule has 45 heavy (non-hydrogen) atoms. The van der Waals surface area contributed by atoms with Crippen molar-refractivity contribution in [1.82, 2.24) is 24.1 Å². The van der Waals surface area contributed by atoms with E-state index in [1.807, 2.05) is 6.07 Å². The summed E-state index contributed by atoms with van der Waals surface area (Å²) in [5.74, 6) is -1.06. The number of aryl methyl sites for hydroxylation is 1. The molecule has 236 valence electrons. The van der Waals surface area contributed by atoms with E-state index in [9.17, 15) is 23.9 Å². The number of aromatic nitrogens is 5. The van der Waals surface area contributed by atoms with Crippen LogP contribution in [0.25, 0.3) is 15.2 Å². The number of thiophene rings is 1. The topological polar surface area (TPSA) is 140 Å². The van der Waals surface area contributed by atoms with Gasteiger partial charge in [-0.25, -0.2) is 18.5 Å². The van der Waals surface area contributed by atoms with Gasteiger partial charge in [0.25, 0.3) is 5.56 Å². The number of methoxy groups -OCH3 is 1. The fourth-order valence-corrected chi connectivity index (χ4v) is 6.27. The second-order valence-electron chi connectivity index (χ2n) is 10.7. The zero-order chi connectivity index (χ0) is 32.3. The third-order valence-electron chi connectivity index (χ3n) is 7.36. The Morgan fingerprint density at radius 3 is 2.49 bits per heavy atom. The summed E-state index contributed by atoms with van der Waals surface area (Å²) >= 11 is 1.11. The van der Waals surface area contributed by atoms with Gasteiger partial charge in [-0.1, -0.05) is 41.7 Å². The van der Waals surface area contributed by atoms with Crippen LogP contribution in [0.2, 0.25) is 0 Å². The molecule has 0 spiro atoms. The van der Waals surface area contributed by atoms with Gasteiger partial charge in [-0.05, 0) is 44.5 Å². The van der Waals surface area contributed by atoms with E-state index >= 15 is 0 Å². The van der Waals surface area contributed by atoms with Crippen LogP contribution in [0.3, 0.4) is 0 Å². The Hall–Kier alpha value is -4.66. The summed E-state index contributed by atoms with van der Waals surface area (Å²) in [5.41, 5.74) is -1.75. The molecule has 0 fully saturated rings. The van der Waals surface area contributed by atoms with Gasteiger partial charge in [0.05, 0.1) is 44.6 Å². The van der Waals surface area contributed by atoms with Crippen LogP contribution in [0.15, 0.2) is 70.5 Å². The lowest BCUT2D eigenvalue weighted by atomic mass is 10.0. The molecule has 1 atom stereocenters. The number of benzene rings is 2. The minimum atomic E-state index is -1.74. The number of aliphatic hydroxyl groups excluding tert-OH is 1. The summed E-state index contributed by atoms with van der Waals surface area (Å²) in [6, 6.07) is 12.9. The zero-order valence-corrected chi connectivity index (χ0v) is 25.9. The highest BCUT2D eigenvalue weighted by molar-refractivity contribution is 7.21. The predicted molar refractivity (Wildman–Crippen MR) is 164 cm³/mol.